The number of hydrogen-bond acceptors (Lipinski definition) is 5. The third-order valence-electron chi connectivity index (χ3n) is 4.62. The van der Waals surface area contributed by atoms with Crippen LogP contribution < -0.4 is 5.32 Å². The van der Waals surface area contributed by atoms with Crippen LogP contribution in [0.1, 0.15) is 0 Å². The van der Waals surface area contributed by atoms with Crippen LogP contribution in [0, 0.1) is 0 Å². The Morgan fingerprint density at radius 2 is 1.90 bits per heavy atom. The van der Waals surface area contributed by atoms with Crippen molar-refractivity contribution in [3.05, 3.63) is 77.0 Å². The number of nitrogens with one attached hydrogen (secondary N) is 1. The van der Waals surface area contributed by atoms with Crippen molar-refractivity contribution in [2.75, 3.05) is 5.32 Å². The summed E-state index contributed by atoms with van der Waals surface area (Å²) in [5.74, 6) is 0. The Kier molecular flexibility index (Phi) is 5.85. The minimum Gasteiger partial charge on any atom is -0.355 e. The van der Waals surface area contributed by atoms with E-state index in [1.807, 2.05) is 43.2 Å². The third kappa shape index (κ3) is 3.96. The number of pyridine rings is 1. The molecule has 0 aliphatic rings. The molecule has 5 rings (SSSR count). The van der Waals surface area contributed by atoms with Crippen LogP contribution in [-0.2, 0) is 7.05 Å². The monoisotopic (exact) mass is 497 g/mol. The molecule has 3 aromatic heterocycles. The lowest BCUT2D eigenvalue weighted by Crippen LogP contribution is -1.94. The van der Waals surface area contributed by atoms with Gasteiger partial charge in [-0.1, -0.05) is 24.3 Å². The second kappa shape index (κ2) is 8.55. The minimum atomic E-state index is 0. The van der Waals surface area contributed by atoms with Gasteiger partial charge in [0.15, 0.2) is 0 Å². The molecule has 150 valence electrons. The van der Waals surface area contributed by atoms with Gasteiger partial charge in [0.1, 0.15) is 10.7 Å². The zero-order chi connectivity index (χ0) is 19.8. The maximum Gasteiger partial charge on any atom is 0.123 e. The molecule has 0 fully saturated rings. The van der Waals surface area contributed by atoms with Crippen molar-refractivity contribution in [2.24, 2.45) is 7.05 Å². The van der Waals surface area contributed by atoms with Gasteiger partial charge in [-0.05, 0) is 40.2 Å². The number of benzene rings is 2. The number of halogens is 2. The van der Waals surface area contributed by atoms with Crippen molar-refractivity contribution in [2.45, 2.75) is 0 Å². The Hall–Kier alpha value is -2.74. The molecule has 2 aromatic carbocycles. The Bertz CT molecular complexity index is 1320. The van der Waals surface area contributed by atoms with Crippen molar-refractivity contribution in [1.82, 2.24) is 19.7 Å². The number of thiazole rings is 1. The molecule has 0 saturated heterocycles. The molecular formula is C22H17BrClN5S. The Balaban J connectivity index is 0.00000218. The van der Waals surface area contributed by atoms with Crippen LogP contribution in [0.3, 0.4) is 0 Å². The molecule has 0 atom stereocenters. The molecular weight excluding hydrogens is 482 g/mol. The van der Waals surface area contributed by atoms with Crippen LogP contribution in [-0.4, -0.2) is 19.7 Å². The van der Waals surface area contributed by atoms with Crippen LogP contribution in [0.15, 0.2) is 77.0 Å². The van der Waals surface area contributed by atoms with E-state index in [9.17, 15) is 0 Å². The van der Waals surface area contributed by atoms with Crippen molar-refractivity contribution in [1.29, 1.82) is 0 Å². The summed E-state index contributed by atoms with van der Waals surface area (Å²) in [5.41, 5.74) is 6.00. The van der Waals surface area contributed by atoms with E-state index in [0.29, 0.717) is 0 Å². The lowest BCUT2D eigenvalue weighted by atomic mass is 10.1. The van der Waals surface area contributed by atoms with E-state index in [4.69, 9.17) is 0 Å². The maximum atomic E-state index is 4.55. The summed E-state index contributed by atoms with van der Waals surface area (Å²) in [6.07, 6.45) is 5.60. The molecule has 5 nitrogen and oxygen atoms in total. The summed E-state index contributed by atoms with van der Waals surface area (Å²) in [6, 6.07) is 16.5. The number of nitrogens with zero attached hydrogens (tertiary/aromatic N) is 4. The number of hydrogen-bond donors (Lipinski definition) is 1. The van der Waals surface area contributed by atoms with Gasteiger partial charge in [0.05, 0.1) is 9.99 Å². The van der Waals surface area contributed by atoms with Crippen LogP contribution >= 0.6 is 39.7 Å². The molecule has 0 aliphatic carbocycles. The highest BCUT2D eigenvalue weighted by Crippen LogP contribution is 2.32. The molecule has 1 N–H and O–H groups in total. The second-order valence-electron chi connectivity index (χ2n) is 6.63. The summed E-state index contributed by atoms with van der Waals surface area (Å²) < 4.78 is 2.77. The van der Waals surface area contributed by atoms with Gasteiger partial charge in [0, 0.05) is 58.9 Å². The highest BCUT2D eigenvalue weighted by molar-refractivity contribution is 9.10. The fourth-order valence-electron chi connectivity index (χ4n) is 3.31. The predicted octanol–water partition coefficient (Wildman–Crippen LogP) is 6.69. The molecule has 3 heterocycles. The average Bonchev–Trinajstić information content (AvgIpc) is 3.38. The molecule has 0 amide bonds. The standard InChI is InChI=1S/C22H16BrN5S.ClH/c1-28-13-18(23)21(27-28)14-3-2-4-16(11-14)26-19-7-8-24-20-12-15(5-6-17(19)20)22-25-9-10-29-22;/h2-13H,1H3,(H,24,26);1H. The lowest BCUT2D eigenvalue weighted by molar-refractivity contribution is 0.770. The topological polar surface area (TPSA) is 55.6 Å². The first-order chi connectivity index (χ1) is 14.2. The number of fused-ring (bicyclic) bond motifs is 1. The van der Waals surface area contributed by atoms with Gasteiger partial charge in [-0.2, -0.15) is 5.10 Å². The summed E-state index contributed by atoms with van der Waals surface area (Å²) in [4.78, 5) is 8.95. The van der Waals surface area contributed by atoms with E-state index < -0.39 is 0 Å². The molecule has 30 heavy (non-hydrogen) atoms. The van der Waals surface area contributed by atoms with Crippen molar-refractivity contribution in [3.8, 4) is 21.8 Å². The van der Waals surface area contributed by atoms with Crippen LogP contribution in [0.4, 0.5) is 11.4 Å². The first-order valence-corrected chi connectivity index (χ1v) is 10.7. The van der Waals surface area contributed by atoms with Crippen molar-refractivity contribution >= 4 is 62.0 Å². The van der Waals surface area contributed by atoms with Crippen LogP contribution in [0.2, 0.25) is 0 Å². The normalized spacial score (nSPS) is 10.7. The third-order valence-corrected chi connectivity index (χ3v) is 6.02. The number of aryl methyl sites for hydroxylation is 1. The lowest BCUT2D eigenvalue weighted by Gasteiger charge is -2.11. The van der Waals surface area contributed by atoms with Gasteiger partial charge in [-0.15, -0.1) is 23.7 Å². The van der Waals surface area contributed by atoms with E-state index in [2.05, 4.69) is 72.7 Å². The smallest absolute Gasteiger partial charge is 0.123 e. The van der Waals surface area contributed by atoms with E-state index in [1.165, 1.54) is 0 Å². The van der Waals surface area contributed by atoms with Crippen molar-refractivity contribution in [3.63, 3.8) is 0 Å². The number of rotatable bonds is 4. The number of aromatic nitrogens is 4. The van der Waals surface area contributed by atoms with E-state index >= 15 is 0 Å². The zero-order valence-electron chi connectivity index (χ0n) is 15.9. The van der Waals surface area contributed by atoms with E-state index in [0.717, 1.165) is 48.6 Å². The largest absolute Gasteiger partial charge is 0.355 e. The molecule has 0 radical (unpaired) electrons. The maximum absolute atomic E-state index is 4.55. The molecule has 0 bridgehead atoms. The minimum absolute atomic E-state index is 0. The zero-order valence-corrected chi connectivity index (χ0v) is 19.1. The highest BCUT2D eigenvalue weighted by atomic mass is 79.9. The quantitative estimate of drug-likeness (QED) is 0.300. The molecule has 8 heteroatoms. The van der Waals surface area contributed by atoms with Gasteiger partial charge in [0.25, 0.3) is 0 Å². The summed E-state index contributed by atoms with van der Waals surface area (Å²) in [5, 5.41) is 12.1. The van der Waals surface area contributed by atoms with Crippen molar-refractivity contribution < 1.29 is 0 Å². The summed E-state index contributed by atoms with van der Waals surface area (Å²) >= 11 is 5.21. The van der Waals surface area contributed by atoms with Gasteiger partial charge in [-0.25, -0.2) is 4.98 Å². The summed E-state index contributed by atoms with van der Waals surface area (Å²) in [7, 11) is 1.92. The molecule has 5 aromatic rings. The van der Waals surface area contributed by atoms with Gasteiger partial charge >= 0.3 is 0 Å². The second-order valence-corrected chi connectivity index (χ2v) is 8.38. The fraction of sp³-hybridized carbons (Fsp3) is 0.0455. The first kappa shape index (κ1) is 20.5. The highest BCUT2D eigenvalue weighted by Gasteiger charge is 2.10. The fourth-order valence-corrected chi connectivity index (χ4v) is 4.55. The summed E-state index contributed by atoms with van der Waals surface area (Å²) in [6.45, 7) is 0. The first-order valence-electron chi connectivity index (χ1n) is 9.02. The molecule has 0 saturated carbocycles. The average molecular weight is 499 g/mol. The SMILES string of the molecule is Cl.Cn1cc(Br)c(-c2cccc(Nc3ccnc4cc(-c5nccs5)ccc34)c2)n1. The van der Waals surface area contributed by atoms with Gasteiger partial charge < -0.3 is 5.32 Å². The molecule has 0 aliphatic heterocycles. The Morgan fingerprint density at radius 1 is 1.00 bits per heavy atom. The Morgan fingerprint density at radius 3 is 2.67 bits per heavy atom. The molecule has 0 spiro atoms. The van der Waals surface area contributed by atoms with E-state index in [-0.39, 0.29) is 12.4 Å². The van der Waals surface area contributed by atoms with Gasteiger partial charge in [0.2, 0.25) is 0 Å². The van der Waals surface area contributed by atoms with Crippen LogP contribution in [0.5, 0.6) is 0 Å². The van der Waals surface area contributed by atoms with E-state index in [1.54, 1.807) is 16.0 Å². The van der Waals surface area contributed by atoms with Gasteiger partial charge in [-0.3, -0.25) is 9.67 Å². The van der Waals surface area contributed by atoms with Crippen LogP contribution in [0.25, 0.3) is 32.7 Å². The predicted molar refractivity (Wildman–Crippen MR) is 130 cm³/mol. The Labute approximate surface area is 192 Å². The number of anilines is 2. The molecule has 0 unspecified atom stereocenters.